The Hall–Kier alpha value is -7.46. The fourth-order valence-corrected chi connectivity index (χ4v) is 8.96. The maximum atomic E-state index is 11.8. The lowest BCUT2D eigenvalue weighted by atomic mass is 9.98. The molecule has 0 spiro atoms. The summed E-state index contributed by atoms with van der Waals surface area (Å²) in [4.78, 5) is 21.0. The van der Waals surface area contributed by atoms with Crippen LogP contribution < -0.4 is 25.4 Å². The van der Waals surface area contributed by atoms with Crippen LogP contribution in [0.1, 0.15) is 44.6 Å². The number of carbonyl (C=O) groups is 1. The molecule has 21 heteroatoms. The summed E-state index contributed by atoms with van der Waals surface area (Å²) in [7, 11) is -3.42. The van der Waals surface area contributed by atoms with E-state index in [1.54, 1.807) is 59.2 Å². The summed E-state index contributed by atoms with van der Waals surface area (Å²) in [5.41, 5.74) is 11.8. The Morgan fingerprint density at radius 3 is 2.32 bits per heavy atom. The smallest absolute Gasteiger partial charge is 0.319 e. The minimum absolute atomic E-state index is 0.0220. The van der Waals surface area contributed by atoms with Crippen molar-refractivity contribution in [1.82, 2.24) is 34.3 Å². The van der Waals surface area contributed by atoms with Crippen LogP contribution in [-0.2, 0) is 24.3 Å². The van der Waals surface area contributed by atoms with Gasteiger partial charge in [0.25, 0.3) is 0 Å². The van der Waals surface area contributed by atoms with Gasteiger partial charge in [0.15, 0.2) is 5.82 Å². The molecule has 1 amide bonds. The number of primary amides is 1. The largest absolute Gasteiger partial charge is 0.508 e. The van der Waals surface area contributed by atoms with E-state index >= 15 is 0 Å². The van der Waals surface area contributed by atoms with Crippen LogP contribution in [0.3, 0.4) is 0 Å². The highest BCUT2D eigenvalue weighted by molar-refractivity contribution is 7.92. The van der Waals surface area contributed by atoms with E-state index in [0.29, 0.717) is 73.5 Å². The molecule has 20 nitrogen and oxygen atoms in total. The first-order chi connectivity index (χ1) is 34.2. The van der Waals surface area contributed by atoms with Gasteiger partial charge in [-0.05, 0) is 103 Å². The lowest BCUT2D eigenvalue weighted by molar-refractivity contribution is -0.121. The van der Waals surface area contributed by atoms with Crippen molar-refractivity contribution in [3.63, 3.8) is 0 Å². The molecule has 1 fully saturated rings. The molecule has 0 radical (unpaired) electrons. The molecule has 7 aromatic rings. The van der Waals surface area contributed by atoms with Crippen LogP contribution in [0.25, 0.3) is 33.8 Å². The van der Waals surface area contributed by atoms with Crippen molar-refractivity contribution in [3.05, 3.63) is 109 Å². The van der Waals surface area contributed by atoms with Gasteiger partial charge in [-0.3, -0.25) is 14.4 Å². The summed E-state index contributed by atoms with van der Waals surface area (Å²) < 4.78 is 47.1. The average Bonchev–Trinajstić information content (AvgIpc) is 3.94. The van der Waals surface area contributed by atoms with Gasteiger partial charge in [0, 0.05) is 61.4 Å². The molecule has 1 saturated heterocycles. The quantitative estimate of drug-likeness (QED) is 0.0387. The van der Waals surface area contributed by atoms with Gasteiger partial charge in [-0.2, -0.15) is 0 Å². The maximum absolute atomic E-state index is 11.8. The number of carbonyl (C=O) groups excluding carboxylic acids is 1. The van der Waals surface area contributed by atoms with E-state index in [2.05, 4.69) is 47.2 Å². The zero-order chi connectivity index (χ0) is 50.1. The fourth-order valence-electron chi connectivity index (χ4n) is 8.40. The number of nitrogens with zero attached hydrogens (tertiary/aromatic N) is 8. The molecule has 3 aromatic heterocycles. The van der Waals surface area contributed by atoms with Crippen molar-refractivity contribution >= 4 is 44.5 Å². The number of nitrogens with two attached hydrogens (primary N) is 1. The second-order valence-corrected chi connectivity index (χ2v) is 19.3. The predicted molar refractivity (Wildman–Crippen MR) is 270 cm³/mol. The molecule has 0 aliphatic carbocycles. The first-order valence-electron chi connectivity index (χ1n) is 23.4. The van der Waals surface area contributed by atoms with Crippen molar-refractivity contribution in [2.45, 2.75) is 45.1 Å². The summed E-state index contributed by atoms with van der Waals surface area (Å²) in [5.74, 6) is 0.521. The second-order valence-electron chi connectivity index (χ2n) is 17.6. The molecule has 0 bridgehead atoms. The second kappa shape index (κ2) is 22.5. The minimum atomic E-state index is -3.42. The van der Waals surface area contributed by atoms with Crippen LogP contribution in [0.4, 0.5) is 23.0 Å². The van der Waals surface area contributed by atoms with E-state index in [1.807, 2.05) is 44.2 Å². The topological polar surface area (TPSA) is 257 Å². The van der Waals surface area contributed by atoms with Gasteiger partial charge >= 0.3 is 6.01 Å². The minimum Gasteiger partial charge on any atom is -0.508 e. The van der Waals surface area contributed by atoms with E-state index in [1.165, 1.54) is 10.6 Å². The average molecular weight is 990 g/mol. The molecule has 1 unspecified atom stereocenters. The van der Waals surface area contributed by atoms with Gasteiger partial charge in [0.05, 0.1) is 73.9 Å². The number of ether oxygens (including phenoxy) is 3. The van der Waals surface area contributed by atoms with E-state index < -0.39 is 15.9 Å². The molecule has 4 aromatic carbocycles. The number of aromatic hydroxyl groups is 3. The van der Waals surface area contributed by atoms with Crippen molar-refractivity contribution < 1.29 is 42.7 Å². The molecule has 1 atom stereocenters. The molecule has 7 N–H and O–H groups in total. The van der Waals surface area contributed by atoms with Crippen molar-refractivity contribution in [3.8, 4) is 51.6 Å². The number of phenols is 2. The Kier molecular flexibility index (Phi) is 15.8. The highest BCUT2D eigenvalue weighted by atomic mass is 32.2. The Balaban J connectivity index is 0.726. The van der Waals surface area contributed by atoms with Crippen molar-refractivity contribution in [2.75, 3.05) is 80.3 Å². The monoisotopic (exact) mass is 989 g/mol. The number of sulfonamides is 1. The van der Waals surface area contributed by atoms with Gasteiger partial charge in [0.1, 0.15) is 17.2 Å². The Morgan fingerprint density at radius 1 is 0.831 bits per heavy atom. The zero-order valence-electron chi connectivity index (χ0n) is 39.8. The maximum Gasteiger partial charge on any atom is 0.319 e. The molecule has 1 aliphatic rings. The standard InChI is InChI=1S/C50H59N11O9S/c1-33(2)42-30-43(46(63)31-45(42)62)48-54-55-50(65)60(48)38-13-16-40(17-14-38)69-24-5-8-41(29-47(51)64)70-27-26-68-25-23-58-19-21-59(22-20-58)37-11-9-35(10-12-37)53-49-52-32-39-15-18-44(61(39)56-49)34-6-4-7-36(28-34)57-71(3,66)67/h4,6-7,9-18,28,30-33,41,57,62-63H,5,8,19-27,29H2,1-3H3,(H2,51,64)(H,53,56)(H,55,65). The third-order valence-electron chi connectivity index (χ3n) is 12.0. The van der Waals surface area contributed by atoms with Crippen LogP contribution >= 0.6 is 0 Å². The van der Waals surface area contributed by atoms with Crippen LogP contribution in [-0.4, -0.2) is 135 Å². The van der Waals surface area contributed by atoms with Gasteiger partial charge in [0.2, 0.25) is 21.9 Å². The van der Waals surface area contributed by atoms with Crippen molar-refractivity contribution in [2.24, 2.45) is 5.73 Å². The lowest BCUT2D eigenvalue weighted by Crippen LogP contribution is -2.47. The number of aromatic nitrogens is 6. The molecule has 8 rings (SSSR count). The number of hydrogen-bond donors (Lipinski definition) is 6. The number of hydrogen-bond acceptors (Lipinski definition) is 16. The molecular weight excluding hydrogens is 931 g/mol. The third-order valence-corrected chi connectivity index (χ3v) is 12.6. The fraction of sp³-hybridized carbons (Fsp3) is 0.340. The van der Waals surface area contributed by atoms with Gasteiger partial charge < -0.3 is 45.5 Å². The zero-order valence-corrected chi connectivity index (χ0v) is 40.6. The molecular formula is C50H59N11O9S. The number of benzene rings is 4. The number of anilines is 4. The van der Waals surface area contributed by atoms with Gasteiger partial charge in [-0.25, -0.2) is 22.5 Å². The number of fused-ring (bicyclic) bond motifs is 1. The molecule has 374 valence electrons. The number of rotatable bonds is 23. The first-order valence-corrected chi connectivity index (χ1v) is 25.3. The Bertz CT molecular complexity index is 3030. The Morgan fingerprint density at radius 2 is 1.59 bits per heavy atom. The van der Waals surface area contributed by atoms with E-state index in [4.69, 9.17) is 25.0 Å². The molecule has 1 aliphatic heterocycles. The third kappa shape index (κ3) is 13.0. The number of piperazine rings is 1. The van der Waals surface area contributed by atoms with Crippen LogP contribution in [0.5, 0.6) is 23.3 Å². The summed E-state index contributed by atoms with van der Waals surface area (Å²) in [5, 5.41) is 47.4. The highest BCUT2D eigenvalue weighted by Gasteiger charge is 2.22. The summed E-state index contributed by atoms with van der Waals surface area (Å²) in [6.45, 7) is 9.80. The highest BCUT2D eigenvalue weighted by Crippen LogP contribution is 2.39. The van der Waals surface area contributed by atoms with E-state index in [-0.39, 0.29) is 41.8 Å². The number of amides is 1. The Labute approximate surface area is 411 Å². The molecule has 4 heterocycles. The van der Waals surface area contributed by atoms with Crippen molar-refractivity contribution in [1.29, 1.82) is 0 Å². The SMILES string of the molecule is CC(C)c1cc(-c2nnc(O)n2-c2ccc(OCCCC(CC(N)=O)OCCOCCN3CCN(c4ccc(Nc5ncc6ccc(-c7cccc(NS(C)(=O)=O)c7)n6n5)cc4)CC3)cc2)c(O)cc1O. The van der Waals surface area contributed by atoms with Gasteiger partial charge in [-0.1, -0.05) is 31.1 Å². The predicted octanol–water partition coefficient (Wildman–Crippen LogP) is 6.26. The van der Waals surface area contributed by atoms with Gasteiger partial charge in [-0.15, -0.1) is 10.2 Å². The number of phenolic OH excluding ortho intramolecular Hbond substituents is 2. The first kappa shape index (κ1) is 49.9. The number of nitrogens with one attached hydrogen (secondary N) is 2. The van der Waals surface area contributed by atoms with E-state index in [9.17, 15) is 28.5 Å². The van der Waals surface area contributed by atoms with E-state index in [0.717, 1.165) is 67.1 Å². The van der Waals surface area contributed by atoms with Crippen LogP contribution in [0.15, 0.2) is 103 Å². The summed E-state index contributed by atoms with van der Waals surface area (Å²) >= 11 is 0. The van der Waals surface area contributed by atoms with Crippen LogP contribution in [0, 0.1) is 0 Å². The summed E-state index contributed by atoms with van der Waals surface area (Å²) in [6, 6.07) is 28.7. The summed E-state index contributed by atoms with van der Waals surface area (Å²) in [6.07, 6.45) is 3.74. The molecule has 0 saturated carbocycles. The van der Waals surface area contributed by atoms with Crippen LogP contribution in [0.2, 0.25) is 0 Å². The normalized spacial score (nSPS) is 13.7. The lowest BCUT2D eigenvalue weighted by Gasteiger charge is -2.36. The molecule has 71 heavy (non-hydrogen) atoms.